The first-order chi connectivity index (χ1) is 14.6. The first kappa shape index (κ1) is 24.7. The smallest absolute Gasteiger partial charge is 0.412 e. The van der Waals surface area contributed by atoms with Crippen LogP contribution in [-0.4, -0.2) is 24.7 Å². The van der Waals surface area contributed by atoms with Gasteiger partial charge in [0.1, 0.15) is 15.2 Å². The Morgan fingerprint density at radius 2 is 1.65 bits per heavy atom. The van der Waals surface area contributed by atoms with Crippen LogP contribution in [0.25, 0.3) is 10.4 Å². The van der Waals surface area contributed by atoms with Crippen molar-refractivity contribution in [2.24, 2.45) is 0 Å². The standard InChI is InChI=1S/C12H16O2.C11H9NO2S3/c1-9-7-5-6-8-10(9)11(13)14-12(2,3)4;1-12-11(13)14-8-4-2-7(3-5-8)9-6-10(15)17-16-9/h5-8H,1-4H3;2-6H,1H3,(H,12,13). The fraction of sp³-hybridized carbons (Fsp3) is 0.261. The van der Waals surface area contributed by atoms with Gasteiger partial charge in [0.15, 0.2) is 0 Å². The molecular formula is C23H25NO4S3. The van der Waals surface area contributed by atoms with Crippen LogP contribution >= 0.6 is 32.9 Å². The molecule has 3 rings (SSSR count). The van der Waals surface area contributed by atoms with Gasteiger partial charge in [-0.1, -0.05) is 51.1 Å². The molecular weight excluding hydrogens is 450 g/mol. The number of hydrogen-bond donors (Lipinski definition) is 1. The van der Waals surface area contributed by atoms with Crippen LogP contribution in [0.3, 0.4) is 0 Å². The number of esters is 1. The molecule has 0 spiro atoms. The summed E-state index contributed by atoms with van der Waals surface area (Å²) < 4.78 is 11.1. The third kappa shape index (κ3) is 8.24. The van der Waals surface area contributed by atoms with Gasteiger partial charge in [-0.2, -0.15) is 0 Å². The molecule has 1 N–H and O–H groups in total. The molecule has 31 heavy (non-hydrogen) atoms. The second-order valence-corrected chi connectivity index (χ2v) is 10.4. The number of hydrogen-bond acceptors (Lipinski definition) is 7. The number of ether oxygens (including phenoxy) is 2. The molecule has 0 bridgehead atoms. The van der Waals surface area contributed by atoms with E-state index < -0.39 is 11.7 Å². The van der Waals surface area contributed by atoms with E-state index in [1.54, 1.807) is 38.9 Å². The molecule has 164 valence electrons. The van der Waals surface area contributed by atoms with Crippen molar-refractivity contribution in [3.8, 4) is 16.2 Å². The third-order valence-electron chi connectivity index (χ3n) is 3.78. The highest BCUT2D eigenvalue weighted by atomic mass is 32.9. The summed E-state index contributed by atoms with van der Waals surface area (Å²) in [6, 6.07) is 16.7. The van der Waals surface area contributed by atoms with Gasteiger partial charge in [-0.3, -0.25) is 0 Å². The fourth-order valence-corrected chi connectivity index (χ4v) is 4.76. The quantitative estimate of drug-likeness (QED) is 0.254. The molecule has 0 saturated heterocycles. The van der Waals surface area contributed by atoms with Gasteiger partial charge >= 0.3 is 12.1 Å². The zero-order valence-corrected chi connectivity index (χ0v) is 20.5. The van der Waals surface area contributed by atoms with E-state index >= 15 is 0 Å². The SMILES string of the molecule is CNC(=O)Oc1ccc(-c2cc(=S)ss2)cc1.Cc1ccccc1C(=O)OC(C)(C)C. The van der Waals surface area contributed by atoms with E-state index in [0.29, 0.717) is 11.3 Å². The van der Waals surface area contributed by atoms with Gasteiger partial charge in [0.25, 0.3) is 0 Å². The van der Waals surface area contributed by atoms with Gasteiger partial charge in [0.05, 0.1) is 5.56 Å². The summed E-state index contributed by atoms with van der Waals surface area (Å²) in [5.74, 6) is 0.266. The van der Waals surface area contributed by atoms with Crippen LogP contribution in [0.2, 0.25) is 0 Å². The topological polar surface area (TPSA) is 64.6 Å². The molecule has 1 heterocycles. The van der Waals surface area contributed by atoms with E-state index in [-0.39, 0.29) is 5.97 Å². The fourth-order valence-electron chi connectivity index (χ4n) is 2.35. The maximum atomic E-state index is 11.7. The number of amides is 1. The van der Waals surface area contributed by atoms with Gasteiger partial charge in [0, 0.05) is 11.9 Å². The summed E-state index contributed by atoms with van der Waals surface area (Å²) in [6.45, 7) is 7.49. The van der Waals surface area contributed by atoms with Crippen molar-refractivity contribution in [3.63, 3.8) is 0 Å². The average Bonchev–Trinajstić information content (AvgIpc) is 3.14. The van der Waals surface area contributed by atoms with E-state index in [2.05, 4.69) is 5.32 Å². The number of benzene rings is 2. The van der Waals surface area contributed by atoms with Crippen LogP contribution in [0.4, 0.5) is 4.79 Å². The van der Waals surface area contributed by atoms with Crippen molar-refractivity contribution in [2.45, 2.75) is 33.3 Å². The van der Waals surface area contributed by atoms with Gasteiger partial charge < -0.3 is 14.8 Å². The van der Waals surface area contributed by atoms with Crippen LogP contribution in [-0.2, 0) is 4.74 Å². The Labute approximate surface area is 195 Å². The minimum absolute atomic E-state index is 0.254. The first-order valence-corrected chi connectivity index (χ1v) is 12.0. The predicted molar refractivity (Wildman–Crippen MR) is 130 cm³/mol. The Hall–Kier alpha value is -2.55. The van der Waals surface area contributed by atoms with E-state index in [4.69, 9.17) is 21.7 Å². The summed E-state index contributed by atoms with van der Waals surface area (Å²) in [4.78, 5) is 23.8. The van der Waals surface area contributed by atoms with Gasteiger partial charge in [-0.15, -0.1) is 0 Å². The molecule has 0 radical (unpaired) electrons. The number of rotatable bonds is 3. The average molecular weight is 476 g/mol. The molecule has 0 saturated carbocycles. The Balaban J connectivity index is 0.000000225. The summed E-state index contributed by atoms with van der Waals surface area (Å²) in [5.41, 5.74) is 2.23. The molecule has 5 nitrogen and oxygen atoms in total. The second-order valence-electron chi connectivity index (χ2n) is 7.48. The summed E-state index contributed by atoms with van der Waals surface area (Å²) in [6.07, 6.45) is -0.469. The number of carbonyl (C=O) groups excluding carboxylic acids is 2. The number of aryl methyl sites for hydroxylation is 1. The van der Waals surface area contributed by atoms with E-state index in [0.717, 1.165) is 19.8 Å². The Bertz CT molecular complexity index is 1080. The van der Waals surface area contributed by atoms with Crippen molar-refractivity contribution in [2.75, 3.05) is 7.05 Å². The van der Waals surface area contributed by atoms with Crippen LogP contribution in [0, 0.1) is 10.7 Å². The molecule has 0 unspecified atom stereocenters. The molecule has 2 aromatic carbocycles. The monoisotopic (exact) mass is 475 g/mol. The van der Waals surface area contributed by atoms with E-state index in [1.165, 1.54) is 7.05 Å². The Kier molecular flexibility index (Phi) is 8.91. The normalized spacial score (nSPS) is 10.5. The van der Waals surface area contributed by atoms with Gasteiger partial charge in [-0.25, -0.2) is 9.59 Å². The van der Waals surface area contributed by atoms with Crippen LogP contribution in [0.5, 0.6) is 5.75 Å². The highest BCUT2D eigenvalue weighted by molar-refractivity contribution is 7.80. The van der Waals surface area contributed by atoms with Crippen molar-refractivity contribution in [1.29, 1.82) is 0 Å². The summed E-state index contributed by atoms with van der Waals surface area (Å²) >= 11 is 5.08. The van der Waals surface area contributed by atoms with Crippen LogP contribution < -0.4 is 10.1 Å². The minimum Gasteiger partial charge on any atom is -0.456 e. The van der Waals surface area contributed by atoms with Gasteiger partial charge in [-0.05, 0) is 75.2 Å². The lowest BCUT2D eigenvalue weighted by atomic mass is 10.1. The van der Waals surface area contributed by atoms with Crippen molar-refractivity contribution in [3.05, 3.63) is 69.5 Å². The number of carbonyl (C=O) groups is 2. The van der Waals surface area contributed by atoms with Crippen molar-refractivity contribution < 1.29 is 19.1 Å². The summed E-state index contributed by atoms with van der Waals surface area (Å²) in [5, 5.41) is 2.39. The molecule has 0 aliphatic rings. The lowest BCUT2D eigenvalue weighted by Gasteiger charge is -2.20. The predicted octanol–water partition coefficient (Wildman–Crippen LogP) is 6.87. The number of nitrogens with one attached hydrogen (secondary N) is 1. The minimum atomic E-state index is -0.469. The summed E-state index contributed by atoms with van der Waals surface area (Å²) in [7, 11) is 4.75. The van der Waals surface area contributed by atoms with Crippen LogP contribution in [0.15, 0.2) is 54.6 Å². The largest absolute Gasteiger partial charge is 0.456 e. The Morgan fingerprint density at radius 1 is 1.00 bits per heavy atom. The zero-order chi connectivity index (χ0) is 23.0. The molecule has 3 aromatic rings. The molecule has 0 atom stereocenters. The maximum Gasteiger partial charge on any atom is 0.412 e. The molecule has 8 heteroatoms. The van der Waals surface area contributed by atoms with E-state index in [1.807, 2.05) is 64.1 Å². The second kappa shape index (κ2) is 11.2. The molecule has 0 aliphatic heterocycles. The van der Waals surface area contributed by atoms with Crippen molar-refractivity contribution in [1.82, 2.24) is 5.32 Å². The lowest BCUT2D eigenvalue weighted by molar-refractivity contribution is 0.00687. The van der Waals surface area contributed by atoms with Gasteiger partial charge in [0.2, 0.25) is 0 Å². The Morgan fingerprint density at radius 3 is 2.16 bits per heavy atom. The molecule has 1 amide bonds. The molecule has 0 aliphatic carbocycles. The van der Waals surface area contributed by atoms with Crippen LogP contribution in [0.1, 0.15) is 36.7 Å². The van der Waals surface area contributed by atoms with Crippen molar-refractivity contribution >= 4 is 45.0 Å². The molecule has 0 fully saturated rings. The zero-order valence-electron chi connectivity index (χ0n) is 18.1. The third-order valence-corrected chi connectivity index (χ3v) is 6.69. The first-order valence-electron chi connectivity index (χ1n) is 9.48. The highest BCUT2D eigenvalue weighted by Gasteiger charge is 2.18. The molecule has 1 aromatic heterocycles. The maximum absolute atomic E-state index is 11.7. The van der Waals surface area contributed by atoms with E-state index in [9.17, 15) is 9.59 Å². The lowest BCUT2D eigenvalue weighted by Crippen LogP contribution is -2.24. The highest BCUT2D eigenvalue weighted by Crippen LogP contribution is 2.30.